The Morgan fingerprint density at radius 2 is 1.90 bits per heavy atom. The van der Waals surface area contributed by atoms with Crippen LogP contribution in [0, 0.1) is 6.92 Å². The van der Waals surface area contributed by atoms with E-state index in [-0.39, 0.29) is 12.3 Å². The highest BCUT2D eigenvalue weighted by Gasteiger charge is 2.12. The van der Waals surface area contributed by atoms with Crippen LogP contribution in [0.2, 0.25) is 0 Å². The number of rotatable bonds is 8. The molecule has 2 heterocycles. The predicted molar refractivity (Wildman–Crippen MR) is 113 cm³/mol. The third-order valence-electron chi connectivity index (χ3n) is 4.68. The number of hydrogen-bond acceptors (Lipinski definition) is 5. The summed E-state index contributed by atoms with van der Waals surface area (Å²) in [5, 5.41) is 11.2. The number of carbonyl (C=O) groups is 1. The zero-order chi connectivity index (χ0) is 20.8. The minimum absolute atomic E-state index is 0.121. The number of anilines is 1. The van der Waals surface area contributed by atoms with Gasteiger partial charge in [0, 0.05) is 25.3 Å². The van der Waals surface area contributed by atoms with Crippen LogP contribution in [0.4, 0.5) is 5.82 Å². The van der Waals surface area contributed by atoms with Gasteiger partial charge < -0.3 is 9.84 Å². The van der Waals surface area contributed by atoms with Crippen molar-refractivity contribution in [3.05, 3.63) is 95.3 Å². The second-order valence-electron chi connectivity index (χ2n) is 7.18. The monoisotopic (exact) mass is 401 g/mol. The smallest absolute Gasteiger partial charge is 0.227 e. The van der Waals surface area contributed by atoms with Crippen molar-refractivity contribution < 1.29 is 9.32 Å². The van der Waals surface area contributed by atoms with Gasteiger partial charge >= 0.3 is 0 Å². The molecule has 30 heavy (non-hydrogen) atoms. The van der Waals surface area contributed by atoms with Crippen molar-refractivity contribution >= 4 is 11.7 Å². The van der Waals surface area contributed by atoms with Crippen LogP contribution in [0.15, 0.2) is 71.4 Å². The predicted octanol–water partition coefficient (Wildman–Crippen LogP) is 3.78. The van der Waals surface area contributed by atoms with E-state index < -0.39 is 0 Å². The average Bonchev–Trinajstić information content (AvgIpc) is 3.37. The molecule has 0 saturated heterocycles. The Morgan fingerprint density at radius 1 is 1.07 bits per heavy atom. The first-order valence-electron chi connectivity index (χ1n) is 9.88. The largest absolute Gasteiger partial charge is 0.339 e. The van der Waals surface area contributed by atoms with Crippen molar-refractivity contribution in [3.63, 3.8) is 0 Å². The highest BCUT2D eigenvalue weighted by molar-refractivity contribution is 5.89. The molecule has 0 atom stereocenters. The van der Waals surface area contributed by atoms with Crippen LogP contribution in [0.25, 0.3) is 0 Å². The molecule has 1 N–H and O–H groups in total. The van der Waals surface area contributed by atoms with Gasteiger partial charge in [0.1, 0.15) is 5.82 Å². The van der Waals surface area contributed by atoms with E-state index in [9.17, 15) is 4.79 Å². The fraction of sp³-hybridized carbons (Fsp3) is 0.217. The standard InChI is InChI=1S/C23H23N5O2/c1-17-6-5-9-19(14-17)16-28-21(12-13-24-28)26-22(29)10-11-23-25-20(27-30-23)15-18-7-3-2-4-8-18/h2-9,12-14H,10-11,15-16H2,1H3,(H,26,29). The van der Waals surface area contributed by atoms with Crippen molar-refractivity contribution in [1.82, 2.24) is 19.9 Å². The number of nitrogens with zero attached hydrogens (tertiary/aromatic N) is 4. The molecule has 0 spiro atoms. The lowest BCUT2D eigenvalue weighted by molar-refractivity contribution is -0.116. The zero-order valence-corrected chi connectivity index (χ0v) is 16.8. The molecule has 0 aliphatic rings. The van der Waals surface area contributed by atoms with Gasteiger partial charge in [-0.05, 0) is 18.1 Å². The number of aromatic nitrogens is 4. The number of hydrogen-bond donors (Lipinski definition) is 1. The molecule has 0 aliphatic heterocycles. The van der Waals surface area contributed by atoms with Crippen LogP contribution in [0.3, 0.4) is 0 Å². The van der Waals surface area contributed by atoms with Gasteiger partial charge in [0.25, 0.3) is 0 Å². The van der Waals surface area contributed by atoms with Gasteiger partial charge in [-0.1, -0.05) is 65.3 Å². The van der Waals surface area contributed by atoms with Crippen LogP contribution >= 0.6 is 0 Å². The molecule has 7 heteroatoms. The minimum atomic E-state index is -0.121. The average molecular weight is 401 g/mol. The van der Waals surface area contributed by atoms with Crippen molar-refractivity contribution in [2.24, 2.45) is 0 Å². The number of aryl methyl sites for hydroxylation is 2. The Balaban J connectivity index is 1.30. The second kappa shape index (κ2) is 9.17. The minimum Gasteiger partial charge on any atom is -0.339 e. The van der Waals surface area contributed by atoms with Crippen LogP contribution in [0.5, 0.6) is 0 Å². The quantitative estimate of drug-likeness (QED) is 0.486. The van der Waals surface area contributed by atoms with Crippen LogP contribution in [-0.4, -0.2) is 25.8 Å². The molecule has 0 aliphatic carbocycles. The van der Waals surface area contributed by atoms with Gasteiger partial charge in [0.2, 0.25) is 11.8 Å². The van der Waals surface area contributed by atoms with Gasteiger partial charge in [-0.25, -0.2) is 4.68 Å². The van der Waals surface area contributed by atoms with E-state index in [1.54, 1.807) is 16.9 Å². The summed E-state index contributed by atoms with van der Waals surface area (Å²) in [6.07, 6.45) is 2.93. The first kappa shape index (κ1) is 19.6. The molecule has 152 valence electrons. The number of nitrogens with one attached hydrogen (secondary N) is 1. The summed E-state index contributed by atoms with van der Waals surface area (Å²) < 4.78 is 7.05. The lowest BCUT2D eigenvalue weighted by Crippen LogP contribution is -2.16. The Kier molecular flexibility index (Phi) is 5.98. The summed E-state index contributed by atoms with van der Waals surface area (Å²) in [4.78, 5) is 16.8. The molecule has 0 fully saturated rings. The molecular formula is C23H23N5O2. The summed E-state index contributed by atoms with van der Waals surface area (Å²) >= 11 is 0. The molecule has 0 saturated carbocycles. The third-order valence-corrected chi connectivity index (χ3v) is 4.68. The molecule has 0 radical (unpaired) electrons. The van der Waals surface area contributed by atoms with E-state index >= 15 is 0 Å². The summed E-state index contributed by atoms with van der Waals surface area (Å²) in [5.74, 6) is 1.62. The fourth-order valence-electron chi connectivity index (χ4n) is 3.22. The van der Waals surface area contributed by atoms with Gasteiger partial charge in [-0.3, -0.25) is 4.79 Å². The van der Waals surface area contributed by atoms with Crippen molar-refractivity contribution in [1.29, 1.82) is 0 Å². The first-order valence-corrected chi connectivity index (χ1v) is 9.88. The Morgan fingerprint density at radius 3 is 2.73 bits per heavy atom. The molecule has 0 bridgehead atoms. The van der Waals surface area contributed by atoms with Crippen molar-refractivity contribution in [2.75, 3.05) is 5.32 Å². The van der Waals surface area contributed by atoms with E-state index in [0.29, 0.717) is 36.9 Å². The van der Waals surface area contributed by atoms with Crippen molar-refractivity contribution in [2.45, 2.75) is 32.7 Å². The Bertz CT molecular complexity index is 1120. The lowest BCUT2D eigenvalue weighted by Gasteiger charge is -2.09. The van der Waals surface area contributed by atoms with Gasteiger partial charge in [0.15, 0.2) is 5.82 Å². The van der Waals surface area contributed by atoms with E-state index in [1.165, 1.54) is 5.56 Å². The van der Waals surface area contributed by atoms with E-state index in [4.69, 9.17) is 4.52 Å². The Hall–Kier alpha value is -3.74. The van der Waals surface area contributed by atoms with Crippen LogP contribution in [-0.2, 0) is 24.2 Å². The molecule has 1 amide bonds. The maximum atomic E-state index is 12.4. The molecule has 4 aromatic rings. The van der Waals surface area contributed by atoms with Crippen molar-refractivity contribution in [3.8, 4) is 0 Å². The molecule has 2 aromatic carbocycles. The Labute approximate surface area is 174 Å². The molecule has 0 unspecified atom stereocenters. The maximum Gasteiger partial charge on any atom is 0.227 e. The lowest BCUT2D eigenvalue weighted by atomic mass is 10.1. The van der Waals surface area contributed by atoms with Crippen LogP contribution in [0.1, 0.15) is 34.8 Å². The number of amides is 1. The molecular weight excluding hydrogens is 378 g/mol. The van der Waals surface area contributed by atoms with E-state index in [1.807, 2.05) is 42.5 Å². The topological polar surface area (TPSA) is 85.8 Å². The number of benzene rings is 2. The molecule has 4 rings (SSSR count). The van der Waals surface area contributed by atoms with Crippen LogP contribution < -0.4 is 5.32 Å². The summed E-state index contributed by atoms with van der Waals surface area (Å²) in [5.41, 5.74) is 3.44. The highest BCUT2D eigenvalue weighted by Crippen LogP contribution is 2.13. The summed E-state index contributed by atoms with van der Waals surface area (Å²) in [7, 11) is 0. The van der Waals surface area contributed by atoms with Gasteiger partial charge in [-0.2, -0.15) is 10.1 Å². The second-order valence-corrected chi connectivity index (χ2v) is 7.18. The molecule has 2 aromatic heterocycles. The van der Waals surface area contributed by atoms with Gasteiger partial charge in [-0.15, -0.1) is 0 Å². The summed E-state index contributed by atoms with van der Waals surface area (Å²) in [6, 6.07) is 20.0. The number of carbonyl (C=O) groups excluding carboxylic acids is 1. The molecule has 7 nitrogen and oxygen atoms in total. The van der Waals surface area contributed by atoms with Gasteiger partial charge in [0.05, 0.1) is 12.7 Å². The highest BCUT2D eigenvalue weighted by atomic mass is 16.5. The van der Waals surface area contributed by atoms with E-state index in [0.717, 1.165) is 11.1 Å². The van der Waals surface area contributed by atoms with E-state index in [2.05, 4.69) is 39.6 Å². The fourth-order valence-corrected chi connectivity index (χ4v) is 3.22. The zero-order valence-electron chi connectivity index (χ0n) is 16.8. The first-order chi connectivity index (χ1) is 14.7. The normalized spacial score (nSPS) is 10.8. The SMILES string of the molecule is Cc1cccc(Cn2nccc2NC(=O)CCc2nc(Cc3ccccc3)no2)c1. The third kappa shape index (κ3) is 5.20. The summed E-state index contributed by atoms with van der Waals surface area (Å²) in [6.45, 7) is 2.65. The maximum absolute atomic E-state index is 12.4.